The van der Waals surface area contributed by atoms with Crippen LogP contribution in [-0.2, 0) is 0 Å². The van der Waals surface area contributed by atoms with E-state index in [1.807, 2.05) is 0 Å². The standard InChI is InChI=1S/C13H30N2/c1-6-13(4)11-15(5)10-9-14-8-7-12(2)3/h12-14H,6-11H2,1-5H3. The highest BCUT2D eigenvalue weighted by molar-refractivity contribution is 4.59. The van der Waals surface area contributed by atoms with Gasteiger partial charge in [0, 0.05) is 19.6 Å². The van der Waals surface area contributed by atoms with Gasteiger partial charge >= 0.3 is 0 Å². The summed E-state index contributed by atoms with van der Waals surface area (Å²) in [5, 5.41) is 3.50. The van der Waals surface area contributed by atoms with Crippen LogP contribution >= 0.6 is 0 Å². The zero-order valence-corrected chi connectivity index (χ0v) is 11.3. The third-order valence-electron chi connectivity index (χ3n) is 2.89. The molecule has 0 aliphatic heterocycles. The van der Waals surface area contributed by atoms with Crippen molar-refractivity contribution in [1.82, 2.24) is 10.2 Å². The van der Waals surface area contributed by atoms with Gasteiger partial charge in [-0.25, -0.2) is 0 Å². The average molecular weight is 214 g/mol. The summed E-state index contributed by atoms with van der Waals surface area (Å²) in [4.78, 5) is 2.43. The number of rotatable bonds is 9. The third kappa shape index (κ3) is 10.2. The van der Waals surface area contributed by atoms with Gasteiger partial charge in [-0.3, -0.25) is 0 Å². The maximum absolute atomic E-state index is 3.50. The number of nitrogens with zero attached hydrogens (tertiary/aromatic N) is 1. The van der Waals surface area contributed by atoms with E-state index in [1.54, 1.807) is 0 Å². The summed E-state index contributed by atoms with van der Waals surface area (Å²) >= 11 is 0. The van der Waals surface area contributed by atoms with E-state index in [0.717, 1.165) is 24.9 Å². The topological polar surface area (TPSA) is 15.3 Å². The van der Waals surface area contributed by atoms with Gasteiger partial charge in [0.1, 0.15) is 0 Å². The second-order valence-corrected chi connectivity index (χ2v) is 5.21. The summed E-state index contributed by atoms with van der Waals surface area (Å²) in [5.41, 5.74) is 0. The van der Waals surface area contributed by atoms with Crippen LogP contribution < -0.4 is 5.32 Å². The van der Waals surface area contributed by atoms with E-state index >= 15 is 0 Å². The monoisotopic (exact) mass is 214 g/mol. The molecule has 0 aromatic rings. The van der Waals surface area contributed by atoms with Crippen molar-refractivity contribution in [1.29, 1.82) is 0 Å². The molecule has 0 saturated heterocycles. The van der Waals surface area contributed by atoms with E-state index in [4.69, 9.17) is 0 Å². The molecule has 1 atom stereocenters. The predicted molar refractivity (Wildman–Crippen MR) is 69.3 cm³/mol. The van der Waals surface area contributed by atoms with Crippen molar-refractivity contribution >= 4 is 0 Å². The molecule has 15 heavy (non-hydrogen) atoms. The fourth-order valence-corrected chi connectivity index (χ4v) is 1.54. The zero-order chi connectivity index (χ0) is 11.7. The Morgan fingerprint density at radius 3 is 2.33 bits per heavy atom. The maximum atomic E-state index is 3.50. The summed E-state index contributed by atoms with van der Waals surface area (Å²) in [7, 11) is 2.22. The van der Waals surface area contributed by atoms with Crippen LogP contribution in [0.1, 0.15) is 40.5 Å². The number of likely N-dealkylation sites (N-methyl/N-ethyl adjacent to an activating group) is 1. The quantitative estimate of drug-likeness (QED) is 0.594. The summed E-state index contributed by atoms with van der Waals surface area (Å²) < 4.78 is 0. The van der Waals surface area contributed by atoms with Crippen LogP contribution in [0.15, 0.2) is 0 Å². The Labute approximate surface area is 96.4 Å². The summed E-state index contributed by atoms with van der Waals surface area (Å²) in [5.74, 6) is 1.64. The van der Waals surface area contributed by atoms with E-state index in [-0.39, 0.29) is 0 Å². The van der Waals surface area contributed by atoms with Crippen LogP contribution in [0.25, 0.3) is 0 Å². The van der Waals surface area contributed by atoms with Crippen LogP contribution in [0.5, 0.6) is 0 Å². The van der Waals surface area contributed by atoms with Gasteiger partial charge in [-0.2, -0.15) is 0 Å². The van der Waals surface area contributed by atoms with Gasteiger partial charge in [-0.15, -0.1) is 0 Å². The number of nitrogens with one attached hydrogen (secondary N) is 1. The summed E-state index contributed by atoms with van der Waals surface area (Å²) in [6, 6.07) is 0. The van der Waals surface area contributed by atoms with Crippen LogP contribution in [0.3, 0.4) is 0 Å². The molecule has 0 amide bonds. The first-order valence-electron chi connectivity index (χ1n) is 6.45. The predicted octanol–water partition coefficient (Wildman–Crippen LogP) is 2.60. The molecule has 0 aliphatic rings. The van der Waals surface area contributed by atoms with Crippen molar-refractivity contribution in [2.45, 2.75) is 40.5 Å². The molecule has 0 aliphatic carbocycles. The first kappa shape index (κ1) is 14.9. The Morgan fingerprint density at radius 2 is 1.80 bits per heavy atom. The molecule has 0 spiro atoms. The molecule has 0 radical (unpaired) electrons. The van der Waals surface area contributed by atoms with Gasteiger partial charge in [0.2, 0.25) is 0 Å². The van der Waals surface area contributed by atoms with E-state index < -0.39 is 0 Å². The highest BCUT2D eigenvalue weighted by Gasteiger charge is 2.03. The SMILES string of the molecule is CCC(C)CN(C)CCNCCC(C)C. The molecule has 0 rings (SSSR count). The molecular weight excluding hydrogens is 184 g/mol. The Morgan fingerprint density at radius 1 is 1.13 bits per heavy atom. The molecule has 0 aromatic carbocycles. The smallest absolute Gasteiger partial charge is 0.0104 e. The minimum Gasteiger partial charge on any atom is -0.315 e. The molecule has 0 fully saturated rings. The van der Waals surface area contributed by atoms with Gasteiger partial charge in [-0.1, -0.05) is 34.1 Å². The average Bonchev–Trinajstić information content (AvgIpc) is 2.16. The molecule has 0 aromatic heterocycles. The first-order valence-corrected chi connectivity index (χ1v) is 6.45. The van der Waals surface area contributed by atoms with Gasteiger partial charge in [0.15, 0.2) is 0 Å². The normalized spacial score (nSPS) is 13.8. The van der Waals surface area contributed by atoms with Gasteiger partial charge in [0.25, 0.3) is 0 Å². The van der Waals surface area contributed by atoms with Crippen molar-refractivity contribution in [2.75, 3.05) is 33.2 Å². The van der Waals surface area contributed by atoms with Crippen LogP contribution in [0.2, 0.25) is 0 Å². The van der Waals surface area contributed by atoms with E-state index in [0.29, 0.717) is 0 Å². The fraction of sp³-hybridized carbons (Fsp3) is 1.00. The van der Waals surface area contributed by atoms with Crippen molar-refractivity contribution in [3.05, 3.63) is 0 Å². The van der Waals surface area contributed by atoms with Gasteiger partial charge < -0.3 is 10.2 Å². The third-order valence-corrected chi connectivity index (χ3v) is 2.89. The Balaban J connectivity index is 3.27. The second-order valence-electron chi connectivity index (χ2n) is 5.21. The number of hydrogen-bond acceptors (Lipinski definition) is 2. The maximum Gasteiger partial charge on any atom is 0.0104 e. The molecule has 0 saturated carbocycles. The molecular formula is C13H30N2. The molecule has 2 heteroatoms. The highest BCUT2D eigenvalue weighted by Crippen LogP contribution is 2.01. The highest BCUT2D eigenvalue weighted by atomic mass is 15.1. The molecule has 1 unspecified atom stereocenters. The van der Waals surface area contributed by atoms with Crippen LogP contribution in [0, 0.1) is 11.8 Å². The number of hydrogen-bond donors (Lipinski definition) is 1. The fourth-order valence-electron chi connectivity index (χ4n) is 1.54. The molecule has 0 bridgehead atoms. The Hall–Kier alpha value is -0.0800. The van der Waals surface area contributed by atoms with Crippen LogP contribution in [-0.4, -0.2) is 38.1 Å². The van der Waals surface area contributed by atoms with E-state index in [2.05, 4.69) is 45.0 Å². The molecule has 0 heterocycles. The lowest BCUT2D eigenvalue weighted by Crippen LogP contribution is -2.32. The lowest BCUT2D eigenvalue weighted by atomic mass is 10.1. The largest absolute Gasteiger partial charge is 0.315 e. The lowest BCUT2D eigenvalue weighted by Gasteiger charge is -2.20. The van der Waals surface area contributed by atoms with Crippen LogP contribution in [0.4, 0.5) is 0 Å². The first-order chi connectivity index (χ1) is 7.06. The minimum absolute atomic E-state index is 0.815. The summed E-state index contributed by atoms with van der Waals surface area (Å²) in [6.07, 6.45) is 2.57. The Kier molecular flexibility index (Phi) is 9.12. The van der Waals surface area contributed by atoms with Crippen molar-refractivity contribution in [2.24, 2.45) is 11.8 Å². The molecule has 1 N–H and O–H groups in total. The van der Waals surface area contributed by atoms with E-state index in [9.17, 15) is 0 Å². The lowest BCUT2D eigenvalue weighted by molar-refractivity contribution is 0.281. The van der Waals surface area contributed by atoms with Crippen molar-refractivity contribution in [3.63, 3.8) is 0 Å². The minimum atomic E-state index is 0.815. The van der Waals surface area contributed by atoms with Gasteiger partial charge in [-0.05, 0) is 31.8 Å². The molecule has 92 valence electrons. The van der Waals surface area contributed by atoms with Crippen molar-refractivity contribution < 1.29 is 0 Å². The van der Waals surface area contributed by atoms with E-state index in [1.165, 1.54) is 25.9 Å². The molecule has 2 nitrogen and oxygen atoms in total. The summed E-state index contributed by atoms with van der Waals surface area (Å²) in [6.45, 7) is 13.8. The zero-order valence-electron chi connectivity index (χ0n) is 11.3. The van der Waals surface area contributed by atoms with Gasteiger partial charge in [0.05, 0.1) is 0 Å². The Bertz CT molecular complexity index is 134. The second kappa shape index (κ2) is 9.17. The van der Waals surface area contributed by atoms with Crippen molar-refractivity contribution in [3.8, 4) is 0 Å².